The molecule has 3 nitrogen and oxygen atoms in total. The molecule has 1 aromatic rings. The van der Waals surface area contributed by atoms with Crippen LogP contribution in [0.4, 0.5) is 0 Å². The van der Waals surface area contributed by atoms with Crippen LogP contribution in [-0.2, 0) is 10.2 Å². The van der Waals surface area contributed by atoms with Crippen molar-refractivity contribution < 1.29 is 4.79 Å². The predicted octanol–water partition coefficient (Wildman–Crippen LogP) is 1.54. The largest absolute Gasteiger partial charge is 0.340 e. The Balaban J connectivity index is 1.77. The van der Waals surface area contributed by atoms with E-state index in [0.29, 0.717) is 11.9 Å². The Morgan fingerprint density at radius 3 is 2.61 bits per heavy atom. The zero-order valence-electron chi connectivity index (χ0n) is 10.9. The van der Waals surface area contributed by atoms with E-state index in [0.717, 1.165) is 32.4 Å². The van der Waals surface area contributed by atoms with Gasteiger partial charge in [-0.3, -0.25) is 4.79 Å². The van der Waals surface area contributed by atoms with Gasteiger partial charge in [0.2, 0.25) is 5.91 Å². The molecule has 1 aromatic carbocycles. The van der Waals surface area contributed by atoms with Crippen LogP contribution in [0.5, 0.6) is 0 Å². The fraction of sp³-hybridized carbons (Fsp3) is 0.533. The molecule has 1 saturated carbocycles. The van der Waals surface area contributed by atoms with Gasteiger partial charge < -0.3 is 10.2 Å². The van der Waals surface area contributed by atoms with Crippen molar-refractivity contribution in [1.29, 1.82) is 0 Å². The molecule has 2 aliphatic rings. The first-order valence-corrected chi connectivity index (χ1v) is 6.78. The standard InChI is InChI=1S/C15H20N2O/c1-16-13-7-10-17(11-13)14(18)15(8-9-15)12-5-3-2-4-6-12/h2-6,13,16H,7-11H2,1H3. The van der Waals surface area contributed by atoms with Crippen molar-refractivity contribution in [1.82, 2.24) is 10.2 Å². The molecule has 0 bridgehead atoms. The van der Waals surface area contributed by atoms with Crippen molar-refractivity contribution >= 4 is 5.91 Å². The van der Waals surface area contributed by atoms with E-state index < -0.39 is 0 Å². The smallest absolute Gasteiger partial charge is 0.233 e. The summed E-state index contributed by atoms with van der Waals surface area (Å²) in [7, 11) is 1.97. The lowest BCUT2D eigenvalue weighted by atomic mass is 9.94. The fourth-order valence-corrected chi connectivity index (χ4v) is 2.99. The summed E-state index contributed by atoms with van der Waals surface area (Å²) in [6, 6.07) is 10.7. The Morgan fingerprint density at radius 2 is 2.06 bits per heavy atom. The van der Waals surface area contributed by atoms with Crippen LogP contribution in [0.1, 0.15) is 24.8 Å². The van der Waals surface area contributed by atoms with Gasteiger partial charge in [-0.2, -0.15) is 0 Å². The maximum atomic E-state index is 12.7. The second-order valence-corrected chi connectivity index (χ2v) is 5.47. The maximum absolute atomic E-state index is 12.7. The lowest BCUT2D eigenvalue weighted by molar-refractivity contribution is -0.132. The van der Waals surface area contributed by atoms with Crippen LogP contribution in [0.3, 0.4) is 0 Å². The van der Waals surface area contributed by atoms with Crippen molar-refractivity contribution in [3.63, 3.8) is 0 Å². The molecule has 1 saturated heterocycles. The van der Waals surface area contributed by atoms with Crippen molar-refractivity contribution in [2.45, 2.75) is 30.7 Å². The summed E-state index contributed by atoms with van der Waals surface area (Å²) in [5, 5.41) is 3.27. The average molecular weight is 244 g/mol. The Kier molecular flexibility index (Phi) is 2.86. The molecular formula is C15H20N2O. The predicted molar refractivity (Wildman–Crippen MR) is 71.4 cm³/mol. The molecule has 0 spiro atoms. The number of benzene rings is 1. The van der Waals surface area contributed by atoms with E-state index in [1.807, 2.05) is 30.1 Å². The highest BCUT2D eigenvalue weighted by molar-refractivity contribution is 5.91. The third-order valence-electron chi connectivity index (χ3n) is 4.37. The van der Waals surface area contributed by atoms with Gasteiger partial charge in [-0.05, 0) is 31.9 Å². The number of nitrogens with zero attached hydrogens (tertiary/aromatic N) is 1. The fourth-order valence-electron chi connectivity index (χ4n) is 2.99. The van der Waals surface area contributed by atoms with E-state index in [4.69, 9.17) is 0 Å². The number of hydrogen-bond acceptors (Lipinski definition) is 2. The van der Waals surface area contributed by atoms with Gasteiger partial charge in [-0.25, -0.2) is 0 Å². The van der Waals surface area contributed by atoms with Crippen LogP contribution in [0.15, 0.2) is 30.3 Å². The molecule has 1 unspecified atom stereocenters. The summed E-state index contributed by atoms with van der Waals surface area (Å²) in [6.45, 7) is 1.77. The van der Waals surface area contributed by atoms with Crippen LogP contribution in [0, 0.1) is 0 Å². The molecule has 96 valence electrons. The summed E-state index contributed by atoms with van der Waals surface area (Å²) in [5.74, 6) is 0.339. The Hall–Kier alpha value is -1.35. The summed E-state index contributed by atoms with van der Waals surface area (Å²) in [5.41, 5.74) is 1.01. The number of carbonyl (C=O) groups is 1. The van der Waals surface area contributed by atoms with Gasteiger partial charge in [-0.1, -0.05) is 30.3 Å². The molecule has 1 amide bonds. The van der Waals surface area contributed by atoms with E-state index >= 15 is 0 Å². The minimum Gasteiger partial charge on any atom is -0.340 e. The van der Waals surface area contributed by atoms with Gasteiger partial charge in [0.1, 0.15) is 0 Å². The number of amides is 1. The zero-order valence-corrected chi connectivity index (χ0v) is 10.9. The molecule has 18 heavy (non-hydrogen) atoms. The second kappa shape index (κ2) is 4.39. The Bertz CT molecular complexity index is 439. The van der Waals surface area contributed by atoms with Crippen molar-refractivity contribution in [2.24, 2.45) is 0 Å². The van der Waals surface area contributed by atoms with Crippen LogP contribution in [-0.4, -0.2) is 37.0 Å². The SMILES string of the molecule is CNC1CCN(C(=O)C2(c3ccccc3)CC2)C1. The molecule has 2 fully saturated rings. The van der Waals surface area contributed by atoms with Crippen LogP contribution < -0.4 is 5.32 Å². The first-order chi connectivity index (χ1) is 8.76. The van der Waals surface area contributed by atoms with Gasteiger partial charge in [-0.15, -0.1) is 0 Å². The molecule has 1 N–H and O–H groups in total. The maximum Gasteiger partial charge on any atom is 0.233 e. The molecule has 3 heteroatoms. The van der Waals surface area contributed by atoms with Crippen molar-refractivity contribution in [3.8, 4) is 0 Å². The first kappa shape index (κ1) is 11.7. The molecule has 1 atom stereocenters. The average Bonchev–Trinajstić information content (AvgIpc) is 3.10. The van der Waals surface area contributed by atoms with Gasteiger partial charge in [0.25, 0.3) is 0 Å². The van der Waals surface area contributed by atoms with Crippen LogP contribution in [0.2, 0.25) is 0 Å². The Labute approximate surface area is 108 Å². The highest BCUT2D eigenvalue weighted by atomic mass is 16.2. The normalized spacial score (nSPS) is 25.2. The molecule has 0 radical (unpaired) electrons. The van der Waals surface area contributed by atoms with E-state index in [-0.39, 0.29) is 5.41 Å². The topological polar surface area (TPSA) is 32.3 Å². The summed E-state index contributed by atoms with van der Waals surface area (Å²) in [4.78, 5) is 14.7. The second-order valence-electron chi connectivity index (χ2n) is 5.47. The van der Waals surface area contributed by atoms with E-state index in [9.17, 15) is 4.79 Å². The first-order valence-electron chi connectivity index (χ1n) is 6.78. The van der Waals surface area contributed by atoms with E-state index in [2.05, 4.69) is 17.4 Å². The number of rotatable bonds is 3. The number of nitrogens with one attached hydrogen (secondary N) is 1. The van der Waals surface area contributed by atoms with Gasteiger partial charge in [0.05, 0.1) is 5.41 Å². The monoisotopic (exact) mass is 244 g/mol. The highest BCUT2D eigenvalue weighted by Gasteiger charge is 2.53. The van der Waals surface area contributed by atoms with Crippen LogP contribution in [0.25, 0.3) is 0 Å². The quantitative estimate of drug-likeness (QED) is 0.874. The molecule has 0 aromatic heterocycles. The zero-order chi connectivity index (χ0) is 12.6. The lowest BCUT2D eigenvalue weighted by Crippen LogP contribution is -2.39. The molecular weight excluding hydrogens is 224 g/mol. The van der Waals surface area contributed by atoms with Crippen LogP contribution >= 0.6 is 0 Å². The molecule has 3 rings (SSSR count). The number of likely N-dealkylation sites (tertiary alicyclic amines) is 1. The number of carbonyl (C=O) groups excluding carboxylic acids is 1. The summed E-state index contributed by atoms with van der Waals surface area (Å²) < 4.78 is 0. The third kappa shape index (κ3) is 1.83. The van der Waals surface area contributed by atoms with Gasteiger partial charge in [0, 0.05) is 19.1 Å². The van der Waals surface area contributed by atoms with Crippen molar-refractivity contribution in [3.05, 3.63) is 35.9 Å². The highest BCUT2D eigenvalue weighted by Crippen LogP contribution is 2.49. The number of likely N-dealkylation sites (N-methyl/N-ethyl adjacent to an activating group) is 1. The molecule has 1 aliphatic carbocycles. The van der Waals surface area contributed by atoms with Crippen molar-refractivity contribution in [2.75, 3.05) is 20.1 Å². The molecule has 1 heterocycles. The lowest BCUT2D eigenvalue weighted by Gasteiger charge is -2.23. The summed E-state index contributed by atoms with van der Waals surface area (Å²) >= 11 is 0. The third-order valence-corrected chi connectivity index (χ3v) is 4.37. The minimum absolute atomic E-state index is 0.191. The summed E-state index contributed by atoms with van der Waals surface area (Å²) in [6.07, 6.45) is 3.10. The minimum atomic E-state index is -0.191. The number of hydrogen-bond donors (Lipinski definition) is 1. The molecule has 1 aliphatic heterocycles. The van der Waals surface area contributed by atoms with Gasteiger partial charge in [0.15, 0.2) is 0 Å². The van der Waals surface area contributed by atoms with E-state index in [1.165, 1.54) is 5.56 Å². The Morgan fingerprint density at radius 1 is 1.33 bits per heavy atom. The van der Waals surface area contributed by atoms with E-state index in [1.54, 1.807) is 0 Å². The van der Waals surface area contributed by atoms with Gasteiger partial charge >= 0.3 is 0 Å².